The molecule has 0 heterocycles. The number of hydrogen-bond acceptors (Lipinski definition) is 4. The number of nitrogens with zero attached hydrogens (tertiary/aromatic N) is 1. The van der Waals surface area contributed by atoms with E-state index in [0.29, 0.717) is 0 Å². The molecule has 0 radical (unpaired) electrons. The number of nitrogens with two attached hydrogens (primary N) is 1. The Morgan fingerprint density at radius 3 is 1.09 bits per heavy atom. The Hall–Kier alpha value is -2.05. The van der Waals surface area contributed by atoms with Crippen molar-refractivity contribution in [3.05, 3.63) is 0 Å². The molecule has 22 heavy (non-hydrogen) atoms. The van der Waals surface area contributed by atoms with Gasteiger partial charge in [-0.25, -0.2) is 9.59 Å². The second-order valence-corrected chi connectivity index (χ2v) is 3.65. The first-order chi connectivity index (χ1) is 9.44. The highest BCUT2D eigenvalue weighted by atomic mass is 19.4. The van der Waals surface area contributed by atoms with Crippen molar-refractivity contribution in [3.8, 4) is 0 Å². The minimum atomic E-state index is -5.08. The molecule has 132 valence electrons. The molecule has 0 spiro atoms. The third-order valence-corrected chi connectivity index (χ3v) is 1.67. The van der Waals surface area contributed by atoms with Crippen molar-refractivity contribution in [2.24, 2.45) is 5.73 Å². The highest BCUT2D eigenvalue weighted by Gasteiger charge is 2.38. The van der Waals surface area contributed by atoms with Crippen molar-refractivity contribution in [2.75, 3.05) is 14.1 Å². The molecular formula is C9H14F6N2O5. The molecule has 0 fully saturated rings. The van der Waals surface area contributed by atoms with Crippen LogP contribution in [-0.2, 0) is 14.4 Å². The van der Waals surface area contributed by atoms with E-state index in [0.717, 1.165) is 0 Å². The van der Waals surface area contributed by atoms with Gasteiger partial charge in [0.25, 0.3) is 0 Å². The topological polar surface area (TPSA) is 121 Å². The number of aliphatic carboxylic acids is 2. The van der Waals surface area contributed by atoms with Gasteiger partial charge >= 0.3 is 24.3 Å². The summed E-state index contributed by atoms with van der Waals surface area (Å²) in [7, 11) is 3.63. The minimum absolute atomic E-state index is 0.157. The first-order valence-electron chi connectivity index (χ1n) is 5.00. The first-order valence-corrected chi connectivity index (χ1v) is 5.00. The van der Waals surface area contributed by atoms with Crippen molar-refractivity contribution in [1.29, 1.82) is 0 Å². The molecule has 0 aromatic rings. The molecule has 1 amide bonds. The molecular weight excluding hydrogens is 330 g/mol. The Balaban J connectivity index is -0.000000247. The lowest BCUT2D eigenvalue weighted by Crippen LogP contribution is -2.37. The molecule has 1 unspecified atom stereocenters. The summed E-state index contributed by atoms with van der Waals surface area (Å²) in [6, 6.07) is -0.157. The smallest absolute Gasteiger partial charge is 0.475 e. The molecule has 0 aromatic carbocycles. The number of carbonyl (C=O) groups excluding carboxylic acids is 1. The van der Waals surface area contributed by atoms with Gasteiger partial charge < -0.3 is 15.9 Å². The quantitative estimate of drug-likeness (QED) is 0.634. The van der Waals surface area contributed by atoms with E-state index >= 15 is 0 Å². The lowest BCUT2D eigenvalue weighted by atomic mass is 10.3. The summed E-state index contributed by atoms with van der Waals surface area (Å²) in [6.07, 6.45) is -10.2. The van der Waals surface area contributed by atoms with Gasteiger partial charge in [0, 0.05) is 0 Å². The zero-order valence-corrected chi connectivity index (χ0v) is 11.5. The number of hydrogen-bond donors (Lipinski definition) is 3. The lowest BCUT2D eigenvalue weighted by molar-refractivity contribution is -0.193. The second kappa shape index (κ2) is 9.81. The highest BCUT2D eigenvalue weighted by molar-refractivity contribution is 5.79. The lowest BCUT2D eigenvalue weighted by Gasteiger charge is -2.14. The summed E-state index contributed by atoms with van der Waals surface area (Å²) in [6.45, 7) is 1.77. The van der Waals surface area contributed by atoms with Gasteiger partial charge in [0.1, 0.15) is 0 Å². The number of carboxylic acids is 2. The fraction of sp³-hybridized carbons (Fsp3) is 0.667. The van der Waals surface area contributed by atoms with Crippen LogP contribution in [0, 0.1) is 0 Å². The molecule has 0 rings (SSSR count). The van der Waals surface area contributed by atoms with Gasteiger partial charge in [-0.3, -0.25) is 9.69 Å². The van der Waals surface area contributed by atoms with E-state index in [2.05, 4.69) is 0 Å². The van der Waals surface area contributed by atoms with E-state index in [1.807, 2.05) is 14.1 Å². The van der Waals surface area contributed by atoms with Gasteiger partial charge in [-0.15, -0.1) is 0 Å². The highest BCUT2D eigenvalue weighted by Crippen LogP contribution is 2.13. The summed E-state index contributed by atoms with van der Waals surface area (Å²) in [5.41, 5.74) is 4.96. The van der Waals surface area contributed by atoms with E-state index in [4.69, 9.17) is 25.5 Å². The van der Waals surface area contributed by atoms with Gasteiger partial charge in [0.15, 0.2) is 0 Å². The molecule has 7 nitrogen and oxygen atoms in total. The van der Waals surface area contributed by atoms with Crippen molar-refractivity contribution < 1.29 is 50.9 Å². The maximum Gasteiger partial charge on any atom is 0.490 e. The fourth-order valence-electron chi connectivity index (χ4n) is 0.254. The largest absolute Gasteiger partial charge is 0.490 e. The van der Waals surface area contributed by atoms with Gasteiger partial charge in [-0.2, -0.15) is 26.3 Å². The van der Waals surface area contributed by atoms with Crippen molar-refractivity contribution in [1.82, 2.24) is 4.90 Å². The normalized spacial score (nSPS) is 12.3. The molecule has 0 saturated carbocycles. The third-order valence-electron chi connectivity index (χ3n) is 1.67. The van der Waals surface area contributed by atoms with Crippen LogP contribution in [0.4, 0.5) is 26.3 Å². The SMILES string of the molecule is CC(C(N)=O)N(C)C.O=C(O)C(F)(F)F.O=C(O)C(F)(F)F. The maximum atomic E-state index is 10.6. The molecule has 0 bridgehead atoms. The number of likely N-dealkylation sites (N-methyl/N-ethyl adjacent to an activating group) is 1. The van der Waals surface area contributed by atoms with Crippen molar-refractivity contribution in [2.45, 2.75) is 25.3 Å². The first kappa shape index (κ1) is 24.9. The number of primary amides is 1. The second-order valence-electron chi connectivity index (χ2n) is 3.65. The molecule has 4 N–H and O–H groups in total. The van der Waals surface area contributed by atoms with E-state index in [-0.39, 0.29) is 11.9 Å². The van der Waals surface area contributed by atoms with Crippen molar-refractivity contribution in [3.63, 3.8) is 0 Å². The molecule has 0 aliphatic rings. The van der Waals surface area contributed by atoms with Gasteiger partial charge in [-0.05, 0) is 21.0 Å². The Bertz CT molecular complexity index is 356. The standard InChI is InChI=1S/C5H12N2O.2C2HF3O2/c1-4(5(6)8)7(2)3;2*3-2(4,5)1(6)7/h4H,1-3H3,(H2,6,8);2*(H,6,7). The minimum Gasteiger partial charge on any atom is -0.475 e. The van der Waals surface area contributed by atoms with Crippen LogP contribution in [0.3, 0.4) is 0 Å². The van der Waals surface area contributed by atoms with Crippen LogP contribution in [0.15, 0.2) is 0 Å². The summed E-state index contributed by atoms with van der Waals surface area (Å²) in [4.78, 5) is 29.9. The Labute approximate surface area is 120 Å². The van der Waals surface area contributed by atoms with E-state index in [1.165, 1.54) is 0 Å². The van der Waals surface area contributed by atoms with Crippen LogP contribution in [0.25, 0.3) is 0 Å². The van der Waals surface area contributed by atoms with Gasteiger partial charge in [0.05, 0.1) is 6.04 Å². The van der Waals surface area contributed by atoms with Crippen LogP contribution >= 0.6 is 0 Å². The summed E-state index contributed by atoms with van der Waals surface area (Å²) in [5, 5.41) is 14.2. The Kier molecular flexibility index (Phi) is 11.1. The summed E-state index contributed by atoms with van der Waals surface area (Å²) < 4.78 is 63.5. The zero-order valence-electron chi connectivity index (χ0n) is 11.5. The van der Waals surface area contributed by atoms with Gasteiger partial charge in [0.2, 0.25) is 5.91 Å². The number of halogens is 6. The summed E-state index contributed by atoms with van der Waals surface area (Å²) in [5.74, 6) is -5.80. The average Bonchev–Trinajstić information content (AvgIpc) is 2.26. The number of carboxylic acid groups (broad SMARTS) is 2. The van der Waals surface area contributed by atoms with Gasteiger partial charge in [-0.1, -0.05) is 0 Å². The van der Waals surface area contributed by atoms with Crippen LogP contribution in [-0.4, -0.2) is 65.4 Å². The maximum absolute atomic E-state index is 10.6. The average molecular weight is 344 g/mol. The molecule has 0 aliphatic heterocycles. The van der Waals surface area contributed by atoms with E-state index in [1.54, 1.807) is 11.8 Å². The molecule has 0 saturated heterocycles. The zero-order chi connectivity index (χ0) is 18.9. The molecule has 0 aromatic heterocycles. The molecule has 13 heteroatoms. The van der Waals surface area contributed by atoms with E-state index < -0.39 is 24.3 Å². The van der Waals surface area contributed by atoms with Crippen LogP contribution in [0.1, 0.15) is 6.92 Å². The van der Waals surface area contributed by atoms with Crippen LogP contribution in [0.2, 0.25) is 0 Å². The third kappa shape index (κ3) is 16.0. The predicted octanol–water partition coefficient (Wildman–Crippen LogP) is 0.688. The Morgan fingerprint density at radius 2 is 1.09 bits per heavy atom. The molecule has 1 atom stereocenters. The monoisotopic (exact) mass is 344 g/mol. The number of alkyl halides is 6. The van der Waals surface area contributed by atoms with E-state index in [9.17, 15) is 31.1 Å². The fourth-order valence-corrected chi connectivity index (χ4v) is 0.254. The number of amides is 1. The number of rotatable bonds is 2. The Morgan fingerprint density at radius 1 is 0.909 bits per heavy atom. The predicted molar refractivity (Wildman–Crippen MR) is 59.7 cm³/mol. The van der Waals surface area contributed by atoms with Crippen molar-refractivity contribution >= 4 is 17.8 Å². The summed E-state index contributed by atoms with van der Waals surface area (Å²) >= 11 is 0. The number of carbonyl (C=O) groups is 3. The van der Waals surface area contributed by atoms with Crippen LogP contribution in [0.5, 0.6) is 0 Å². The van der Waals surface area contributed by atoms with Crippen LogP contribution < -0.4 is 5.73 Å². The molecule has 0 aliphatic carbocycles.